The molecule has 4 aromatic rings. The number of hydrogen-bond donors (Lipinski definition) is 0. The van der Waals surface area contributed by atoms with Crippen LogP contribution >= 0.6 is 0 Å². The smallest absolute Gasteiger partial charge is 0.0171 e. The second kappa shape index (κ2) is 12.5. The predicted octanol–water partition coefficient (Wildman–Crippen LogP) is 14.0. The van der Waals surface area contributed by atoms with Crippen molar-refractivity contribution in [1.29, 1.82) is 0 Å². The average molecular weight is 633 g/mol. The Kier molecular flexibility index (Phi) is 8.87. The molecule has 2 aliphatic rings. The summed E-state index contributed by atoms with van der Waals surface area (Å²) in [6.07, 6.45) is 5.88. The number of hydrogen-bond acceptors (Lipinski definition) is 0. The highest BCUT2D eigenvalue weighted by Gasteiger charge is 2.47. The van der Waals surface area contributed by atoms with Crippen LogP contribution in [0.15, 0.2) is 79.9 Å². The summed E-state index contributed by atoms with van der Waals surface area (Å²) in [6.45, 7) is 34.5. The van der Waals surface area contributed by atoms with E-state index < -0.39 is 0 Å². The Balaban J connectivity index is 1.83. The minimum atomic E-state index is -0.232. The standard InChI is InChI=1S/C48H56/c1-14-17-32-21-22-36(39(25-32)28(5)6)46-43-37-20-16-19-35-34(27(3)4)23-24-38(42(35)37)44(43)47(48(46,12)13)45-40(29(7)8)26-33(18-15-2)31(11)41(45)30(9)10/h14-16,19-30H,1-2,17-18H2,3-13H3. The number of benzene rings is 4. The molecule has 0 heteroatoms. The van der Waals surface area contributed by atoms with E-state index in [4.69, 9.17) is 0 Å². The van der Waals surface area contributed by atoms with E-state index >= 15 is 0 Å². The molecular weight excluding hydrogens is 577 g/mol. The van der Waals surface area contributed by atoms with Crippen molar-refractivity contribution >= 4 is 33.1 Å². The Morgan fingerprint density at radius 3 is 1.83 bits per heavy atom. The van der Waals surface area contributed by atoms with Crippen molar-refractivity contribution in [1.82, 2.24) is 0 Å². The zero-order chi connectivity index (χ0) is 34.8. The predicted molar refractivity (Wildman–Crippen MR) is 213 cm³/mol. The molecule has 0 heterocycles. The van der Waals surface area contributed by atoms with Gasteiger partial charge in [0.05, 0.1) is 0 Å². The molecule has 0 aromatic heterocycles. The summed E-state index contributed by atoms with van der Waals surface area (Å²) in [5, 5.41) is 2.84. The van der Waals surface area contributed by atoms with Crippen molar-refractivity contribution in [3.63, 3.8) is 0 Å². The van der Waals surface area contributed by atoms with Gasteiger partial charge in [-0.05, 0) is 138 Å². The first-order valence-electron chi connectivity index (χ1n) is 18.3. The van der Waals surface area contributed by atoms with E-state index in [2.05, 4.69) is 150 Å². The molecule has 0 fully saturated rings. The molecule has 0 saturated carbocycles. The van der Waals surface area contributed by atoms with Gasteiger partial charge in [-0.2, -0.15) is 0 Å². The zero-order valence-electron chi connectivity index (χ0n) is 31.5. The molecule has 0 saturated heterocycles. The first-order valence-corrected chi connectivity index (χ1v) is 18.3. The summed E-state index contributed by atoms with van der Waals surface area (Å²) < 4.78 is 0. The fourth-order valence-corrected chi connectivity index (χ4v) is 9.12. The molecular formula is C48H56. The monoisotopic (exact) mass is 632 g/mol. The van der Waals surface area contributed by atoms with Crippen LogP contribution in [0, 0.1) is 12.3 Å². The highest BCUT2D eigenvalue weighted by atomic mass is 14.5. The lowest BCUT2D eigenvalue weighted by atomic mass is 9.68. The molecule has 248 valence electrons. The van der Waals surface area contributed by atoms with Gasteiger partial charge in [0.2, 0.25) is 0 Å². The maximum Gasteiger partial charge on any atom is 0.0171 e. The van der Waals surface area contributed by atoms with Gasteiger partial charge >= 0.3 is 0 Å². The van der Waals surface area contributed by atoms with Gasteiger partial charge in [0.1, 0.15) is 0 Å². The molecule has 0 bridgehead atoms. The minimum Gasteiger partial charge on any atom is -0.103 e. The van der Waals surface area contributed by atoms with Crippen molar-refractivity contribution in [3.05, 3.63) is 141 Å². The summed E-state index contributed by atoms with van der Waals surface area (Å²) in [5.74, 6) is 1.62. The number of fused-ring (bicyclic) bond motifs is 3. The quantitative estimate of drug-likeness (QED) is 0.153. The molecule has 0 unspecified atom stereocenters. The first-order chi connectivity index (χ1) is 22.8. The van der Waals surface area contributed by atoms with Crippen LogP contribution in [0.5, 0.6) is 0 Å². The Morgan fingerprint density at radius 2 is 1.23 bits per heavy atom. The van der Waals surface area contributed by atoms with Crippen molar-refractivity contribution in [2.24, 2.45) is 5.41 Å². The van der Waals surface area contributed by atoms with Crippen molar-refractivity contribution in [2.75, 3.05) is 0 Å². The molecule has 0 nitrogen and oxygen atoms in total. The summed E-state index contributed by atoms with van der Waals surface area (Å²) in [7, 11) is 0. The zero-order valence-corrected chi connectivity index (χ0v) is 31.5. The van der Waals surface area contributed by atoms with E-state index in [-0.39, 0.29) is 5.41 Å². The minimum absolute atomic E-state index is 0.232. The van der Waals surface area contributed by atoms with Crippen molar-refractivity contribution < 1.29 is 0 Å². The van der Waals surface area contributed by atoms with E-state index in [1.807, 2.05) is 6.08 Å². The lowest BCUT2D eigenvalue weighted by molar-refractivity contribution is 0.673. The molecule has 48 heavy (non-hydrogen) atoms. The van der Waals surface area contributed by atoms with Gasteiger partial charge in [-0.15, -0.1) is 13.2 Å². The van der Waals surface area contributed by atoms with Gasteiger partial charge in [-0.3, -0.25) is 0 Å². The summed E-state index contributed by atoms with van der Waals surface area (Å²) in [5.41, 5.74) is 21.4. The lowest BCUT2D eigenvalue weighted by Gasteiger charge is -2.35. The third-order valence-corrected chi connectivity index (χ3v) is 11.2. The second-order valence-corrected chi connectivity index (χ2v) is 16.1. The van der Waals surface area contributed by atoms with Crippen molar-refractivity contribution in [2.45, 2.75) is 113 Å². The summed E-state index contributed by atoms with van der Waals surface area (Å²) in [4.78, 5) is 0. The highest BCUT2D eigenvalue weighted by Crippen LogP contribution is 2.67. The van der Waals surface area contributed by atoms with Crippen LogP contribution in [0.25, 0.3) is 33.1 Å². The van der Waals surface area contributed by atoms with E-state index in [0.29, 0.717) is 23.7 Å². The van der Waals surface area contributed by atoms with Gasteiger partial charge in [0, 0.05) is 5.41 Å². The summed E-state index contributed by atoms with van der Waals surface area (Å²) >= 11 is 0. The number of allylic oxidation sites excluding steroid dienone is 6. The van der Waals surface area contributed by atoms with Gasteiger partial charge in [0.15, 0.2) is 0 Å². The molecule has 0 spiro atoms. The van der Waals surface area contributed by atoms with Gasteiger partial charge in [-0.25, -0.2) is 0 Å². The largest absolute Gasteiger partial charge is 0.103 e. The molecule has 0 atom stereocenters. The highest BCUT2D eigenvalue weighted by molar-refractivity contribution is 6.37. The van der Waals surface area contributed by atoms with Crippen LogP contribution < -0.4 is 0 Å². The molecule has 0 N–H and O–H groups in total. The van der Waals surface area contributed by atoms with Crippen molar-refractivity contribution in [3.8, 4) is 0 Å². The molecule has 0 radical (unpaired) electrons. The van der Waals surface area contributed by atoms with Crippen LogP contribution in [0.4, 0.5) is 0 Å². The Bertz CT molecular complexity index is 2030. The fourth-order valence-electron chi connectivity index (χ4n) is 9.12. The van der Waals surface area contributed by atoms with Crippen LogP contribution in [0.1, 0.15) is 154 Å². The lowest BCUT2D eigenvalue weighted by Crippen LogP contribution is -2.19. The van der Waals surface area contributed by atoms with E-state index in [1.54, 1.807) is 0 Å². The van der Waals surface area contributed by atoms with Crippen LogP contribution in [-0.4, -0.2) is 0 Å². The Hall–Kier alpha value is -3.90. The second-order valence-electron chi connectivity index (χ2n) is 16.1. The van der Waals surface area contributed by atoms with Gasteiger partial charge < -0.3 is 0 Å². The Labute approximate surface area is 291 Å². The van der Waals surface area contributed by atoms with E-state index in [0.717, 1.165) is 12.8 Å². The molecule has 0 amide bonds. The molecule has 2 aliphatic carbocycles. The average Bonchev–Trinajstić information content (AvgIpc) is 3.46. The third-order valence-electron chi connectivity index (χ3n) is 11.2. The molecule has 0 aliphatic heterocycles. The topological polar surface area (TPSA) is 0 Å². The van der Waals surface area contributed by atoms with E-state index in [1.165, 1.54) is 94.3 Å². The maximum atomic E-state index is 4.14. The van der Waals surface area contributed by atoms with Crippen LogP contribution in [0.2, 0.25) is 0 Å². The SMILES string of the molecule is C=CCc1ccc(C2=C3C(=C(c4c(C(C)C)cc(CC=C)c(C)c4C(C)C)C2(C)C)c2ccc(C(C)C)c4cccc3c24)c(C(C)C)c1. The number of rotatable bonds is 10. The molecule has 6 rings (SSSR count). The molecule has 4 aromatic carbocycles. The third kappa shape index (κ3) is 5.10. The summed E-state index contributed by atoms with van der Waals surface area (Å²) in [6, 6.07) is 21.7. The van der Waals surface area contributed by atoms with Crippen LogP contribution in [-0.2, 0) is 12.8 Å². The van der Waals surface area contributed by atoms with Gasteiger partial charge in [-0.1, -0.05) is 136 Å². The Morgan fingerprint density at radius 1 is 0.625 bits per heavy atom. The normalized spacial score (nSPS) is 15.2. The maximum absolute atomic E-state index is 4.14. The van der Waals surface area contributed by atoms with Gasteiger partial charge in [0.25, 0.3) is 0 Å². The van der Waals surface area contributed by atoms with Crippen LogP contribution in [0.3, 0.4) is 0 Å². The van der Waals surface area contributed by atoms with E-state index in [9.17, 15) is 0 Å². The fraction of sp³-hybridized carbons (Fsp3) is 0.375. The first kappa shape index (κ1) is 34.0.